The van der Waals surface area contributed by atoms with Crippen molar-refractivity contribution in [1.29, 1.82) is 0 Å². The summed E-state index contributed by atoms with van der Waals surface area (Å²) in [5.41, 5.74) is 4.43. The molecular weight excluding hydrogens is 440 g/mol. The molecule has 1 aromatic heterocycles. The number of benzene rings is 2. The summed E-state index contributed by atoms with van der Waals surface area (Å²) in [4.78, 5) is 27.1. The van der Waals surface area contributed by atoms with E-state index in [1.807, 2.05) is 71.9 Å². The molecule has 1 amide bonds. The molecule has 0 saturated carbocycles. The maximum atomic E-state index is 12.3. The monoisotopic (exact) mass is 470 g/mol. The van der Waals surface area contributed by atoms with Gasteiger partial charge in [-0.2, -0.15) is 0 Å². The smallest absolute Gasteiger partial charge is 0.407 e. The van der Waals surface area contributed by atoms with Crippen molar-refractivity contribution in [3.8, 4) is 16.9 Å². The number of amides is 1. The Hall–Kier alpha value is -2.99. The Bertz CT molecular complexity index is 1240. The molecule has 0 fully saturated rings. The molecule has 3 rings (SSSR count). The van der Waals surface area contributed by atoms with Crippen LogP contribution in [0.15, 0.2) is 35.1 Å². The van der Waals surface area contributed by atoms with Crippen molar-refractivity contribution in [1.82, 2.24) is 10.3 Å². The van der Waals surface area contributed by atoms with Gasteiger partial charge in [0.1, 0.15) is 16.4 Å². The summed E-state index contributed by atoms with van der Waals surface area (Å²) < 4.78 is 11.0. The molecule has 2 aromatic carbocycles. The molecule has 7 heteroatoms. The highest BCUT2D eigenvalue weighted by Crippen LogP contribution is 2.40. The van der Waals surface area contributed by atoms with E-state index >= 15 is 0 Å². The van der Waals surface area contributed by atoms with E-state index in [0.29, 0.717) is 17.9 Å². The molecular formula is C26H31ClN2O4. The van der Waals surface area contributed by atoms with Crippen molar-refractivity contribution in [2.45, 2.75) is 53.1 Å². The molecule has 2 N–H and O–H groups in total. The van der Waals surface area contributed by atoms with Gasteiger partial charge < -0.3 is 19.8 Å². The first-order valence-electron chi connectivity index (χ1n) is 10.9. The molecule has 0 spiro atoms. The molecule has 0 unspecified atom stereocenters. The van der Waals surface area contributed by atoms with Gasteiger partial charge in [-0.15, -0.1) is 0 Å². The van der Waals surface area contributed by atoms with Crippen LogP contribution in [0.25, 0.3) is 22.0 Å². The first-order chi connectivity index (χ1) is 15.4. The average molecular weight is 471 g/mol. The van der Waals surface area contributed by atoms with E-state index in [1.54, 1.807) is 7.11 Å². The van der Waals surface area contributed by atoms with Gasteiger partial charge in [0.2, 0.25) is 0 Å². The van der Waals surface area contributed by atoms with Gasteiger partial charge in [-0.1, -0.05) is 42.8 Å². The Balaban J connectivity index is 1.96. The highest BCUT2D eigenvalue weighted by atomic mass is 35.5. The molecule has 1 heterocycles. The number of hydrogen-bond acceptors (Lipinski definition) is 4. The van der Waals surface area contributed by atoms with Gasteiger partial charge in [0.25, 0.3) is 5.56 Å². The van der Waals surface area contributed by atoms with E-state index in [1.165, 1.54) is 0 Å². The number of halogens is 1. The Morgan fingerprint density at radius 1 is 1.18 bits per heavy atom. The molecule has 0 saturated heterocycles. The van der Waals surface area contributed by atoms with Crippen molar-refractivity contribution in [3.05, 3.63) is 62.4 Å². The number of aromatic amines is 1. The minimum Gasteiger partial charge on any atom is -0.496 e. The fourth-order valence-corrected chi connectivity index (χ4v) is 4.01. The number of nitrogens with one attached hydrogen (secondary N) is 2. The molecule has 0 aliphatic rings. The topological polar surface area (TPSA) is 80.4 Å². The van der Waals surface area contributed by atoms with Crippen LogP contribution in [0.1, 0.15) is 50.3 Å². The second-order valence-electron chi connectivity index (χ2n) is 9.32. The van der Waals surface area contributed by atoms with Gasteiger partial charge in [-0.05, 0) is 68.9 Å². The predicted molar refractivity (Wildman–Crippen MR) is 134 cm³/mol. The molecule has 0 bridgehead atoms. The number of aromatic nitrogens is 1. The van der Waals surface area contributed by atoms with Crippen LogP contribution in [0.4, 0.5) is 4.79 Å². The zero-order valence-corrected chi connectivity index (χ0v) is 20.9. The molecule has 6 nitrogen and oxygen atoms in total. The lowest BCUT2D eigenvalue weighted by molar-refractivity contribution is 0.0525. The maximum absolute atomic E-state index is 12.3. The molecule has 3 aromatic rings. The van der Waals surface area contributed by atoms with E-state index < -0.39 is 11.7 Å². The van der Waals surface area contributed by atoms with Crippen LogP contribution in [0.3, 0.4) is 0 Å². The molecule has 1 atom stereocenters. The largest absolute Gasteiger partial charge is 0.496 e. The van der Waals surface area contributed by atoms with Crippen molar-refractivity contribution in [3.63, 3.8) is 0 Å². The summed E-state index contributed by atoms with van der Waals surface area (Å²) >= 11 is 6.30. The lowest BCUT2D eigenvalue weighted by Gasteiger charge is -2.21. The first-order valence-corrected chi connectivity index (χ1v) is 11.3. The molecule has 33 heavy (non-hydrogen) atoms. The first kappa shape index (κ1) is 24.6. The van der Waals surface area contributed by atoms with E-state index in [2.05, 4.69) is 10.3 Å². The summed E-state index contributed by atoms with van der Waals surface area (Å²) in [5, 5.41) is 3.86. The van der Waals surface area contributed by atoms with Gasteiger partial charge in [0, 0.05) is 17.5 Å². The Labute approximate surface area is 199 Å². The van der Waals surface area contributed by atoms with Gasteiger partial charge in [-0.25, -0.2) is 4.79 Å². The van der Waals surface area contributed by atoms with Crippen LogP contribution in [-0.4, -0.2) is 30.3 Å². The Kier molecular flexibility index (Phi) is 7.08. The highest BCUT2D eigenvalue weighted by Gasteiger charge is 2.20. The van der Waals surface area contributed by atoms with Gasteiger partial charge >= 0.3 is 6.09 Å². The van der Waals surface area contributed by atoms with E-state index in [0.717, 1.165) is 33.2 Å². The van der Waals surface area contributed by atoms with Gasteiger partial charge in [-0.3, -0.25) is 4.79 Å². The SMILES string of the molecule is COc1cc(C)c2[nH]c(=O)c(Cl)c(C)c2c1-c1ccc([C@@H](C)CNC(=O)OC(C)(C)C)cc1. The number of alkyl carbamates (subject to hydrolysis) is 1. The number of H-pyrrole nitrogens is 1. The second-order valence-corrected chi connectivity index (χ2v) is 9.70. The number of ether oxygens (including phenoxy) is 2. The summed E-state index contributed by atoms with van der Waals surface area (Å²) in [6.45, 7) is 11.8. The third kappa shape index (κ3) is 5.33. The van der Waals surface area contributed by atoms with E-state index in [4.69, 9.17) is 21.1 Å². The maximum Gasteiger partial charge on any atom is 0.407 e. The van der Waals surface area contributed by atoms with Crippen molar-refractivity contribution in [2.75, 3.05) is 13.7 Å². The highest BCUT2D eigenvalue weighted by molar-refractivity contribution is 6.32. The summed E-state index contributed by atoms with van der Waals surface area (Å²) in [6.07, 6.45) is -0.428. The predicted octanol–water partition coefficient (Wildman–Crippen LogP) is 6.10. The van der Waals surface area contributed by atoms with Crippen LogP contribution in [0.5, 0.6) is 5.75 Å². The Morgan fingerprint density at radius 3 is 2.39 bits per heavy atom. The zero-order chi connectivity index (χ0) is 24.5. The average Bonchev–Trinajstić information content (AvgIpc) is 2.75. The minimum atomic E-state index is -0.532. The number of fused-ring (bicyclic) bond motifs is 1. The number of carbonyl (C=O) groups excluding carboxylic acids is 1. The molecule has 0 aliphatic heterocycles. The van der Waals surface area contributed by atoms with Crippen LogP contribution >= 0.6 is 11.6 Å². The fraction of sp³-hybridized carbons (Fsp3) is 0.385. The van der Waals surface area contributed by atoms with Gasteiger partial charge in [0.15, 0.2) is 0 Å². The lowest BCUT2D eigenvalue weighted by atomic mass is 9.92. The number of hydrogen-bond donors (Lipinski definition) is 2. The second kappa shape index (κ2) is 9.48. The van der Waals surface area contributed by atoms with Crippen LogP contribution in [0.2, 0.25) is 5.02 Å². The van der Waals surface area contributed by atoms with Crippen molar-refractivity contribution in [2.24, 2.45) is 0 Å². The van der Waals surface area contributed by atoms with E-state index in [9.17, 15) is 9.59 Å². The number of rotatable bonds is 5. The van der Waals surface area contributed by atoms with Crippen LogP contribution < -0.4 is 15.6 Å². The summed E-state index contributed by atoms with van der Waals surface area (Å²) in [5.74, 6) is 0.800. The molecule has 0 radical (unpaired) electrons. The Morgan fingerprint density at radius 2 is 1.82 bits per heavy atom. The number of aryl methyl sites for hydroxylation is 2. The third-order valence-corrected chi connectivity index (χ3v) is 6.03. The lowest BCUT2D eigenvalue weighted by Crippen LogP contribution is -2.34. The van der Waals surface area contributed by atoms with Crippen molar-refractivity contribution < 1.29 is 14.3 Å². The number of pyridine rings is 1. The van der Waals surface area contributed by atoms with Gasteiger partial charge in [0.05, 0.1) is 12.6 Å². The number of methoxy groups -OCH3 is 1. The number of carbonyl (C=O) groups is 1. The zero-order valence-electron chi connectivity index (χ0n) is 20.2. The van der Waals surface area contributed by atoms with E-state index in [-0.39, 0.29) is 16.5 Å². The third-order valence-electron chi connectivity index (χ3n) is 5.57. The normalized spacial score (nSPS) is 12.5. The van der Waals surface area contributed by atoms with Crippen LogP contribution in [0, 0.1) is 13.8 Å². The molecule has 0 aliphatic carbocycles. The fourth-order valence-electron chi connectivity index (χ4n) is 3.87. The summed E-state index contributed by atoms with van der Waals surface area (Å²) in [6, 6.07) is 10.0. The standard InChI is InChI=1S/C26H31ClN2O4/c1-14-12-19(32-7)21(20-16(3)22(27)24(30)29-23(14)20)18-10-8-17(9-11-18)15(2)13-28-25(31)33-26(4,5)6/h8-12,15H,13H2,1-7H3,(H,28,31)(H,29,30)/t15-/m0/s1. The summed E-state index contributed by atoms with van der Waals surface area (Å²) in [7, 11) is 1.63. The van der Waals surface area contributed by atoms with Crippen LogP contribution in [-0.2, 0) is 4.74 Å². The molecule has 176 valence electrons. The minimum absolute atomic E-state index is 0.0933. The quantitative estimate of drug-likeness (QED) is 0.472. The van der Waals surface area contributed by atoms with Crippen molar-refractivity contribution >= 4 is 28.6 Å².